The zero-order valence-corrected chi connectivity index (χ0v) is 20.8. The largest absolute Gasteiger partial charge is 0.480 e. The van der Waals surface area contributed by atoms with Crippen LogP contribution in [0.2, 0.25) is 5.02 Å². The minimum absolute atomic E-state index is 0.0322. The molecule has 0 saturated heterocycles. The Kier molecular flexibility index (Phi) is 7.71. The number of carbonyl (C=O) groups excluding carboxylic acids is 1. The van der Waals surface area contributed by atoms with Crippen LogP contribution in [0, 0.1) is 12.8 Å². The van der Waals surface area contributed by atoms with E-state index >= 15 is 0 Å². The lowest BCUT2D eigenvalue weighted by molar-refractivity contribution is -0.135. The molecule has 0 radical (unpaired) electrons. The molecule has 0 bridgehead atoms. The number of pyridine rings is 1. The maximum absolute atomic E-state index is 13.7. The monoisotopic (exact) mass is 491 g/mol. The summed E-state index contributed by atoms with van der Waals surface area (Å²) in [4.78, 5) is 30.7. The van der Waals surface area contributed by atoms with Gasteiger partial charge in [0.1, 0.15) is 6.54 Å². The summed E-state index contributed by atoms with van der Waals surface area (Å²) in [6.07, 6.45) is 7.71. The van der Waals surface area contributed by atoms with Crippen molar-refractivity contribution < 1.29 is 14.7 Å². The molecule has 35 heavy (non-hydrogen) atoms. The summed E-state index contributed by atoms with van der Waals surface area (Å²) in [5.74, 6) is -0.912. The van der Waals surface area contributed by atoms with Crippen LogP contribution < -0.4 is 10.2 Å². The number of nitrogens with zero attached hydrogens (tertiary/aromatic N) is 2. The highest BCUT2D eigenvalue weighted by atomic mass is 35.5. The molecule has 3 aromatic rings. The fourth-order valence-electron chi connectivity index (χ4n) is 5.05. The van der Waals surface area contributed by atoms with Crippen LogP contribution in [0.3, 0.4) is 0 Å². The third-order valence-corrected chi connectivity index (χ3v) is 7.02. The summed E-state index contributed by atoms with van der Waals surface area (Å²) in [5, 5.41) is 12.9. The minimum Gasteiger partial charge on any atom is -0.480 e. The first kappa shape index (κ1) is 24.7. The van der Waals surface area contributed by atoms with Gasteiger partial charge in [-0.1, -0.05) is 54.8 Å². The Morgan fingerprint density at radius 1 is 1.11 bits per heavy atom. The van der Waals surface area contributed by atoms with Gasteiger partial charge in [-0.2, -0.15) is 0 Å². The van der Waals surface area contributed by atoms with Crippen molar-refractivity contribution in [3.63, 3.8) is 0 Å². The van der Waals surface area contributed by atoms with Crippen LogP contribution in [0.5, 0.6) is 0 Å². The highest BCUT2D eigenvalue weighted by molar-refractivity contribution is 6.30. The Morgan fingerprint density at radius 3 is 2.49 bits per heavy atom. The Bertz CT molecular complexity index is 1210. The molecule has 1 aromatic heterocycles. The lowest BCUT2D eigenvalue weighted by atomic mass is 9.83. The fraction of sp³-hybridized carbons (Fsp3) is 0.321. The number of carboxylic acids is 1. The van der Waals surface area contributed by atoms with Gasteiger partial charge < -0.3 is 15.3 Å². The predicted molar refractivity (Wildman–Crippen MR) is 140 cm³/mol. The highest BCUT2D eigenvalue weighted by Crippen LogP contribution is 2.39. The molecule has 182 valence electrons. The predicted octanol–water partition coefficient (Wildman–Crippen LogP) is 6.14. The summed E-state index contributed by atoms with van der Waals surface area (Å²) < 4.78 is 0. The number of amides is 1. The maximum Gasteiger partial charge on any atom is 0.323 e. The van der Waals surface area contributed by atoms with Crippen molar-refractivity contribution >= 4 is 34.9 Å². The number of aromatic nitrogens is 1. The molecule has 0 spiro atoms. The van der Waals surface area contributed by atoms with Crippen LogP contribution in [0.4, 0.5) is 11.4 Å². The number of anilines is 2. The van der Waals surface area contributed by atoms with Crippen molar-refractivity contribution in [3.8, 4) is 11.1 Å². The molecular formula is C28H30ClN3O3. The van der Waals surface area contributed by atoms with Crippen molar-refractivity contribution in [2.45, 2.75) is 38.5 Å². The summed E-state index contributed by atoms with van der Waals surface area (Å²) >= 11 is 6.10. The summed E-state index contributed by atoms with van der Waals surface area (Å²) in [7, 11) is 1.74. The number of carboxylic acid groups (broad SMARTS) is 1. The van der Waals surface area contributed by atoms with Crippen molar-refractivity contribution in [2.24, 2.45) is 5.92 Å². The zero-order valence-electron chi connectivity index (χ0n) is 20.0. The Labute approximate surface area is 211 Å². The van der Waals surface area contributed by atoms with Gasteiger partial charge in [-0.25, -0.2) is 0 Å². The van der Waals surface area contributed by atoms with Gasteiger partial charge in [-0.05, 0) is 60.6 Å². The zero-order chi connectivity index (χ0) is 24.9. The van der Waals surface area contributed by atoms with Crippen molar-refractivity contribution in [1.82, 2.24) is 4.98 Å². The van der Waals surface area contributed by atoms with Gasteiger partial charge in [-0.3, -0.25) is 14.6 Å². The molecule has 6 nitrogen and oxygen atoms in total. The van der Waals surface area contributed by atoms with Crippen LogP contribution in [0.25, 0.3) is 11.1 Å². The Balaban J connectivity index is 1.60. The van der Waals surface area contributed by atoms with E-state index in [2.05, 4.69) is 10.3 Å². The Hall–Kier alpha value is -3.38. The van der Waals surface area contributed by atoms with Crippen LogP contribution >= 0.6 is 11.6 Å². The van der Waals surface area contributed by atoms with Crippen molar-refractivity contribution in [3.05, 3.63) is 77.1 Å². The second-order valence-electron chi connectivity index (χ2n) is 9.22. The van der Waals surface area contributed by atoms with Gasteiger partial charge in [0.05, 0.1) is 10.9 Å². The second kappa shape index (κ2) is 10.9. The smallest absolute Gasteiger partial charge is 0.323 e. The summed E-state index contributed by atoms with van der Waals surface area (Å²) in [6.45, 7) is 1.79. The first-order valence-corrected chi connectivity index (χ1v) is 12.3. The number of benzene rings is 2. The third kappa shape index (κ3) is 5.82. The lowest BCUT2D eigenvalue weighted by Crippen LogP contribution is -2.28. The van der Waals surface area contributed by atoms with Crippen LogP contribution in [0.1, 0.15) is 42.7 Å². The maximum atomic E-state index is 13.7. The second-order valence-corrected chi connectivity index (χ2v) is 9.66. The average Bonchev–Trinajstić information content (AvgIpc) is 3.35. The first-order chi connectivity index (χ1) is 16.8. The van der Waals surface area contributed by atoms with E-state index in [9.17, 15) is 9.59 Å². The van der Waals surface area contributed by atoms with Gasteiger partial charge in [0.2, 0.25) is 5.91 Å². The molecule has 1 amide bonds. The summed E-state index contributed by atoms with van der Waals surface area (Å²) in [6, 6.07) is 15.6. The molecule has 1 aliphatic rings. The van der Waals surface area contributed by atoms with E-state index in [0.717, 1.165) is 53.6 Å². The number of hydrogen-bond donors (Lipinski definition) is 2. The SMILES string of the molecule is Cc1c(NC(=O)[C@@H](c2ccc(-c3cncc(Cl)c3)cc2)C2CCCC2)cccc1N(C)CC(=O)O. The molecule has 1 aliphatic carbocycles. The molecule has 2 N–H and O–H groups in total. The molecule has 0 aliphatic heterocycles. The molecule has 4 rings (SSSR count). The average molecular weight is 492 g/mol. The quantitative estimate of drug-likeness (QED) is 0.395. The number of aliphatic carboxylic acids is 1. The number of rotatable bonds is 8. The van der Waals surface area contributed by atoms with E-state index in [1.165, 1.54) is 0 Å². The van der Waals surface area contributed by atoms with E-state index in [1.54, 1.807) is 24.3 Å². The Morgan fingerprint density at radius 2 is 1.83 bits per heavy atom. The lowest BCUT2D eigenvalue weighted by Gasteiger charge is -2.25. The van der Waals surface area contributed by atoms with Crippen LogP contribution in [-0.4, -0.2) is 35.6 Å². The number of carbonyl (C=O) groups is 2. The molecule has 1 atom stereocenters. The van der Waals surface area contributed by atoms with Crippen LogP contribution in [-0.2, 0) is 9.59 Å². The molecule has 7 heteroatoms. The topological polar surface area (TPSA) is 82.5 Å². The summed E-state index contributed by atoms with van der Waals surface area (Å²) in [5.41, 5.74) is 5.25. The van der Waals surface area contributed by atoms with Crippen molar-refractivity contribution in [1.29, 1.82) is 0 Å². The van der Waals surface area contributed by atoms with Crippen molar-refractivity contribution in [2.75, 3.05) is 23.8 Å². The fourth-order valence-corrected chi connectivity index (χ4v) is 5.23. The molecular weight excluding hydrogens is 462 g/mol. The number of nitrogens with one attached hydrogen (secondary N) is 1. The number of hydrogen-bond acceptors (Lipinski definition) is 4. The molecule has 0 unspecified atom stereocenters. The van der Waals surface area contributed by atoms with E-state index in [-0.39, 0.29) is 24.3 Å². The number of likely N-dealkylation sites (N-methyl/N-ethyl adjacent to an activating group) is 1. The van der Waals surface area contributed by atoms with Gasteiger partial charge in [-0.15, -0.1) is 0 Å². The van der Waals surface area contributed by atoms with E-state index in [4.69, 9.17) is 16.7 Å². The molecule has 1 saturated carbocycles. The van der Waals surface area contributed by atoms with Gasteiger partial charge in [0.25, 0.3) is 0 Å². The van der Waals surface area contributed by atoms with E-state index < -0.39 is 5.97 Å². The first-order valence-electron chi connectivity index (χ1n) is 11.9. The normalized spacial score (nSPS) is 14.5. The standard InChI is InChI=1S/C28H30ClN3O3/c1-18-24(8-5-9-25(18)32(2)17-26(33)34)31-28(35)27(20-6-3-4-7-20)21-12-10-19(11-13-21)22-14-23(29)16-30-15-22/h5,8-16,20,27H,3-4,6-7,17H2,1-2H3,(H,31,35)(H,33,34)/t27-/m1/s1. The van der Waals surface area contributed by atoms with E-state index in [1.807, 2.05) is 55.5 Å². The van der Waals surface area contributed by atoms with Crippen LogP contribution in [0.15, 0.2) is 60.9 Å². The van der Waals surface area contributed by atoms with Gasteiger partial charge >= 0.3 is 5.97 Å². The molecule has 1 heterocycles. The minimum atomic E-state index is -0.903. The third-order valence-electron chi connectivity index (χ3n) is 6.81. The molecule has 1 fully saturated rings. The van der Waals surface area contributed by atoms with Gasteiger partial charge in [0.15, 0.2) is 0 Å². The number of halogens is 1. The highest BCUT2D eigenvalue weighted by Gasteiger charge is 2.32. The molecule has 2 aromatic carbocycles. The van der Waals surface area contributed by atoms with E-state index in [0.29, 0.717) is 10.7 Å². The van der Waals surface area contributed by atoms with Gasteiger partial charge in [0, 0.05) is 36.4 Å².